The lowest BCUT2D eigenvalue weighted by atomic mass is 10.0. The summed E-state index contributed by atoms with van der Waals surface area (Å²) < 4.78 is 13.0. The van der Waals surface area contributed by atoms with Crippen LogP contribution in [-0.4, -0.2) is 37.0 Å². The number of halogens is 1. The van der Waals surface area contributed by atoms with E-state index in [9.17, 15) is 9.18 Å². The summed E-state index contributed by atoms with van der Waals surface area (Å²) in [6.07, 6.45) is 3.39. The van der Waals surface area contributed by atoms with Crippen molar-refractivity contribution in [3.63, 3.8) is 0 Å². The van der Waals surface area contributed by atoms with Gasteiger partial charge in [0.1, 0.15) is 5.82 Å². The standard InChI is InChI=1S/C15H22FN3O/c1-19(14-7-2-4-11(14)9-17)10-15(20)18-13-6-3-5-12(16)8-13/h3,5-6,8,11,14H,2,4,7,9-10,17H2,1H3,(H,18,20). The maximum absolute atomic E-state index is 13.0. The first-order valence-electron chi connectivity index (χ1n) is 7.06. The summed E-state index contributed by atoms with van der Waals surface area (Å²) in [6, 6.07) is 6.30. The highest BCUT2D eigenvalue weighted by atomic mass is 19.1. The van der Waals surface area contributed by atoms with Crippen molar-refractivity contribution in [2.24, 2.45) is 11.7 Å². The SMILES string of the molecule is CN(CC(=O)Nc1cccc(F)c1)C1CCCC1CN. The van der Waals surface area contributed by atoms with Crippen LogP contribution < -0.4 is 11.1 Å². The predicted molar refractivity (Wildman–Crippen MR) is 77.8 cm³/mol. The molecule has 0 saturated heterocycles. The molecule has 20 heavy (non-hydrogen) atoms. The van der Waals surface area contributed by atoms with Crippen molar-refractivity contribution >= 4 is 11.6 Å². The molecule has 0 radical (unpaired) electrons. The maximum Gasteiger partial charge on any atom is 0.238 e. The number of anilines is 1. The molecule has 2 unspecified atom stereocenters. The molecule has 0 aromatic heterocycles. The first kappa shape index (κ1) is 14.9. The Labute approximate surface area is 119 Å². The largest absolute Gasteiger partial charge is 0.330 e. The summed E-state index contributed by atoms with van der Waals surface area (Å²) in [4.78, 5) is 14.0. The molecule has 1 aliphatic rings. The summed E-state index contributed by atoms with van der Waals surface area (Å²) >= 11 is 0. The van der Waals surface area contributed by atoms with Gasteiger partial charge in [-0.15, -0.1) is 0 Å². The molecule has 1 amide bonds. The van der Waals surface area contributed by atoms with Crippen LogP contribution in [-0.2, 0) is 4.79 Å². The van der Waals surface area contributed by atoms with Gasteiger partial charge in [0.05, 0.1) is 6.54 Å². The van der Waals surface area contributed by atoms with E-state index in [1.807, 2.05) is 7.05 Å². The zero-order valence-corrected chi connectivity index (χ0v) is 11.8. The highest BCUT2D eigenvalue weighted by Gasteiger charge is 2.29. The molecular weight excluding hydrogens is 257 g/mol. The van der Waals surface area contributed by atoms with Gasteiger partial charge in [0.2, 0.25) is 5.91 Å². The van der Waals surface area contributed by atoms with Gasteiger partial charge in [0.15, 0.2) is 0 Å². The summed E-state index contributed by atoms with van der Waals surface area (Å²) in [5, 5.41) is 2.72. The molecule has 1 fully saturated rings. The zero-order valence-electron chi connectivity index (χ0n) is 11.8. The molecule has 0 heterocycles. The number of nitrogens with one attached hydrogen (secondary N) is 1. The second-order valence-electron chi connectivity index (χ2n) is 5.47. The van der Waals surface area contributed by atoms with Crippen LogP contribution in [0.1, 0.15) is 19.3 Å². The van der Waals surface area contributed by atoms with Crippen molar-refractivity contribution in [3.8, 4) is 0 Å². The lowest BCUT2D eigenvalue weighted by Gasteiger charge is -2.28. The molecular formula is C15H22FN3O. The van der Waals surface area contributed by atoms with Crippen LogP contribution in [0.3, 0.4) is 0 Å². The minimum Gasteiger partial charge on any atom is -0.330 e. The quantitative estimate of drug-likeness (QED) is 0.864. The maximum atomic E-state index is 13.0. The fraction of sp³-hybridized carbons (Fsp3) is 0.533. The Morgan fingerprint density at radius 1 is 1.50 bits per heavy atom. The highest BCUT2D eigenvalue weighted by Crippen LogP contribution is 2.28. The van der Waals surface area contributed by atoms with Crippen molar-refractivity contribution in [1.82, 2.24) is 4.90 Å². The van der Waals surface area contributed by atoms with Crippen LogP contribution in [0, 0.1) is 11.7 Å². The van der Waals surface area contributed by atoms with E-state index < -0.39 is 0 Å². The number of nitrogens with zero attached hydrogens (tertiary/aromatic N) is 1. The molecule has 5 heteroatoms. The number of carbonyl (C=O) groups is 1. The molecule has 0 bridgehead atoms. The van der Waals surface area contributed by atoms with E-state index in [2.05, 4.69) is 10.2 Å². The van der Waals surface area contributed by atoms with Crippen LogP contribution in [0.25, 0.3) is 0 Å². The van der Waals surface area contributed by atoms with Crippen molar-refractivity contribution in [1.29, 1.82) is 0 Å². The van der Waals surface area contributed by atoms with Crippen LogP contribution >= 0.6 is 0 Å². The van der Waals surface area contributed by atoms with Crippen LogP contribution in [0.5, 0.6) is 0 Å². The third-order valence-corrected chi connectivity index (χ3v) is 3.99. The van der Waals surface area contributed by atoms with E-state index in [0.717, 1.165) is 12.8 Å². The van der Waals surface area contributed by atoms with Gasteiger partial charge < -0.3 is 11.1 Å². The van der Waals surface area contributed by atoms with Crippen LogP contribution in [0.15, 0.2) is 24.3 Å². The number of likely N-dealkylation sites (N-methyl/N-ethyl adjacent to an activating group) is 1. The highest BCUT2D eigenvalue weighted by molar-refractivity contribution is 5.92. The molecule has 1 aliphatic carbocycles. The van der Waals surface area contributed by atoms with E-state index in [1.165, 1.54) is 18.6 Å². The number of amides is 1. The van der Waals surface area contributed by atoms with E-state index in [4.69, 9.17) is 5.73 Å². The summed E-state index contributed by atoms with van der Waals surface area (Å²) in [7, 11) is 1.95. The average molecular weight is 279 g/mol. The average Bonchev–Trinajstić information content (AvgIpc) is 2.86. The van der Waals surface area contributed by atoms with Crippen molar-refractivity contribution in [2.75, 3.05) is 25.5 Å². The first-order valence-corrected chi connectivity index (χ1v) is 7.06. The number of rotatable bonds is 5. The molecule has 4 nitrogen and oxygen atoms in total. The molecule has 0 spiro atoms. The Balaban J connectivity index is 1.88. The third kappa shape index (κ3) is 3.77. The summed E-state index contributed by atoms with van der Waals surface area (Å²) in [6.45, 7) is 0.970. The lowest BCUT2D eigenvalue weighted by molar-refractivity contribution is -0.117. The Morgan fingerprint density at radius 2 is 2.30 bits per heavy atom. The molecule has 2 rings (SSSR count). The van der Waals surface area contributed by atoms with Gasteiger partial charge in [0, 0.05) is 11.7 Å². The topological polar surface area (TPSA) is 58.4 Å². The van der Waals surface area contributed by atoms with Gasteiger partial charge in [-0.3, -0.25) is 9.69 Å². The molecule has 1 saturated carbocycles. The van der Waals surface area contributed by atoms with Crippen LogP contribution in [0.2, 0.25) is 0 Å². The minimum atomic E-state index is -0.352. The fourth-order valence-corrected chi connectivity index (χ4v) is 2.98. The van der Waals surface area contributed by atoms with E-state index in [-0.39, 0.29) is 11.7 Å². The third-order valence-electron chi connectivity index (χ3n) is 3.99. The number of carbonyl (C=O) groups excluding carboxylic acids is 1. The monoisotopic (exact) mass is 279 g/mol. The molecule has 3 N–H and O–H groups in total. The molecule has 0 aliphatic heterocycles. The van der Waals surface area contributed by atoms with Crippen molar-refractivity contribution in [2.45, 2.75) is 25.3 Å². The first-order chi connectivity index (χ1) is 9.60. The normalized spacial score (nSPS) is 22.2. The molecule has 110 valence electrons. The van der Waals surface area contributed by atoms with Gasteiger partial charge in [0.25, 0.3) is 0 Å². The van der Waals surface area contributed by atoms with Gasteiger partial charge in [-0.2, -0.15) is 0 Å². The summed E-state index contributed by atoms with van der Waals surface area (Å²) in [5.74, 6) is -0.00196. The smallest absolute Gasteiger partial charge is 0.238 e. The zero-order chi connectivity index (χ0) is 14.5. The Hall–Kier alpha value is -1.46. The van der Waals surface area contributed by atoms with E-state index >= 15 is 0 Å². The molecule has 1 aromatic carbocycles. The van der Waals surface area contributed by atoms with Gasteiger partial charge >= 0.3 is 0 Å². The number of hydrogen-bond donors (Lipinski definition) is 2. The second kappa shape index (κ2) is 6.81. The second-order valence-corrected chi connectivity index (χ2v) is 5.47. The van der Waals surface area contributed by atoms with Crippen LogP contribution in [0.4, 0.5) is 10.1 Å². The molecule has 2 atom stereocenters. The predicted octanol–water partition coefficient (Wildman–Crippen LogP) is 1.82. The van der Waals surface area contributed by atoms with Gasteiger partial charge in [-0.05, 0) is 50.6 Å². The number of benzene rings is 1. The van der Waals surface area contributed by atoms with E-state index in [1.54, 1.807) is 12.1 Å². The van der Waals surface area contributed by atoms with Gasteiger partial charge in [-0.25, -0.2) is 4.39 Å². The number of hydrogen-bond acceptors (Lipinski definition) is 3. The summed E-state index contributed by atoms with van der Waals surface area (Å²) in [5.41, 5.74) is 6.26. The Bertz CT molecular complexity index is 466. The van der Waals surface area contributed by atoms with Gasteiger partial charge in [-0.1, -0.05) is 12.5 Å². The Kier molecular flexibility index (Phi) is 5.09. The van der Waals surface area contributed by atoms with E-state index in [0.29, 0.717) is 30.7 Å². The molecule has 1 aromatic rings. The lowest BCUT2D eigenvalue weighted by Crippen LogP contribution is -2.41. The Morgan fingerprint density at radius 3 is 3.00 bits per heavy atom. The van der Waals surface area contributed by atoms with Crippen molar-refractivity contribution in [3.05, 3.63) is 30.1 Å². The number of nitrogens with two attached hydrogens (primary N) is 1. The fourth-order valence-electron chi connectivity index (χ4n) is 2.98. The van der Waals surface area contributed by atoms with Crippen molar-refractivity contribution < 1.29 is 9.18 Å². The minimum absolute atomic E-state index is 0.124.